The normalized spacial score (nSPS) is 18.5. The van der Waals surface area contributed by atoms with Gasteiger partial charge in [-0.15, -0.1) is 0 Å². The van der Waals surface area contributed by atoms with Crippen LogP contribution in [0.2, 0.25) is 0 Å². The van der Waals surface area contributed by atoms with Crippen LogP contribution in [0.3, 0.4) is 0 Å². The lowest BCUT2D eigenvalue weighted by Gasteiger charge is -2.42. The molecule has 1 N–H and O–H groups in total. The first-order valence-electron chi connectivity index (χ1n) is 5.31. The predicted octanol–water partition coefficient (Wildman–Crippen LogP) is 2.33. The van der Waals surface area contributed by atoms with E-state index in [-0.39, 0.29) is 5.41 Å². The van der Waals surface area contributed by atoms with Gasteiger partial charge in [-0.2, -0.15) is 0 Å². The summed E-state index contributed by atoms with van der Waals surface area (Å²) in [5.74, 6) is 0. The number of nitrogens with one attached hydrogen (secondary N) is 1. The molecule has 1 heterocycles. The quantitative estimate of drug-likeness (QED) is 0.906. The molecular weight excluding hydrogens is 254 g/mol. The minimum absolute atomic E-state index is 0.205. The van der Waals surface area contributed by atoms with Gasteiger partial charge in [-0.25, -0.2) is 0 Å². The van der Waals surface area contributed by atoms with Gasteiger partial charge in [0.1, 0.15) is 0 Å². The van der Waals surface area contributed by atoms with Gasteiger partial charge in [0.2, 0.25) is 0 Å². The third kappa shape index (κ3) is 2.25. The molecule has 0 atom stereocenters. The maximum absolute atomic E-state index is 5.57. The van der Waals surface area contributed by atoms with Crippen molar-refractivity contribution < 1.29 is 4.74 Å². The van der Waals surface area contributed by atoms with Crippen LogP contribution in [0.15, 0.2) is 28.7 Å². The Balaban J connectivity index is 2.14. The lowest BCUT2D eigenvalue weighted by molar-refractivity contribution is 0.0651. The Kier molecular flexibility index (Phi) is 3.44. The highest BCUT2D eigenvalue weighted by Crippen LogP contribution is 2.29. The zero-order chi connectivity index (χ0) is 10.7. The number of benzene rings is 1. The molecule has 0 saturated carbocycles. The Hall–Kier alpha value is -0.380. The standard InChI is InChI=1S/C12H16BrNO/c1-2-15-9-12(7-14-8-12)10-3-5-11(13)6-4-10/h3-6,14H,2,7-9H2,1H3. The van der Waals surface area contributed by atoms with Gasteiger partial charge < -0.3 is 10.1 Å². The summed E-state index contributed by atoms with van der Waals surface area (Å²) in [6.45, 7) is 5.70. The maximum Gasteiger partial charge on any atom is 0.0587 e. The second-order valence-corrected chi connectivity index (χ2v) is 4.94. The Morgan fingerprint density at radius 3 is 2.47 bits per heavy atom. The molecular formula is C12H16BrNO. The molecule has 1 saturated heterocycles. The van der Waals surface area contributed by atoms with Crippen LogP contribution in [-0.4, -0.2) is 26.3 Å². The van der Waals surface area contributed by atoms with Gasteiger partial charge in [-0.1, -0.05) is 28.1 Å². The molecule has 2 rings (SSSR count). The second-order valence-electron chi connectivity index (χ2n) is 4.03. The van der Waals surface area contributed by atoms with E-state index < -0.39 is 0 Å². The van der Waals surface area contributed by atoms with Gasteiger partial charge in [0.15, 0.2) is 0 Å². The van der Waals surface area contributed by atoms with Gasteiger partial charge in [0.25, 0.3) is 0 Å². The van der Waals surface area contributed by atoms with Gasteiger partial charge in [0.05, 0.1) is 6.61 Å². The average Bonchev–Trinajstić information content (AvgIpc) is 2.19. The van der Waals surface area contributed by atoms with Crippen LogP contribution in [-0.2, 0) is 10.2 Å². The Morgan fingerprint density at radius 1 is 1.33 bits per heavy atom. The molecule has 0 bridgehead atoms. The summed E-state index contributed by atoms with van der Waals surface area (Å²) in [5.41, 5.74) is 1.58. The summed E-state index contributed by atoms with van der Waals surface area (Å²) in [6.07, 6.45) is 0. The van der Waals surface area contributed by atoms with Crippen LogP contribution in [0.1, 0.15) is 12.5 Å². The van der Waals surface area contributed by atoms with Crippen LogP contribution in [0.25, 0.3) is 0 Å². The molecule has 0 aliphatic carbocycles. The van der Waals surface area contributed by atoms with E-state index in [4.69, 9.17) is 4.74 Å². The first-order chi connectivity index (χ1) is 7.27. The fourth-order valence-electron chi connectivity index (χ4n) is 1.92. The molecule has 0 radical (unpaired) electrons. The van der Waals surface area contributed by atoms with Crippen LogP contribution < -0.4 is 5.32 Å². The smallest absolute Gasteiger partial charge is 0.0587 e. The van der Waals surface area contributed by atoms with Crippen LogP contribution in [0.5, 0.6) is 0 Å². The first kappa shape index (κ1) is 11.1. The zero-order valence-electron chi connectivity index (χ0n) is 8.92. The maximum atomic E-state index is 5.57. The average molecular weight is 270 g/mol. The molecule has 15 heavy (non-hydrogen) atoms. The van der Waals surface area contributed by atoms with E-state index in [9.17, 15) is 0 Å². The lowest BCUT2D eigenvalue weighted by Crippen LogP contribution is -2.59. The van der Waals surface area contributed by atoms with Gasteiger partial charge in [-0.3, -0.25) is 0 Å². The van der Waals surface area contributed by atoms with E-state index >= 15 is 0 Å². The van der Waals surface area contributed by atoms with E-state index in [1.54, 1.807) is 0 Å². The second kappa shape index (κ2) is 4.64. The van der Waals surface area contributed by atoms with E-state index in [0.29, 0.717) is 0 Å². The monoisotopic (exact) mass is 269 g/mol. The molecule has 2 nitrogen and oxygen atoms in total. The number of halogens is 1. The van der Waals surface area contributed by atoms with E-state index in [1.165, 1.54) is 5.56 Å². The van der Waals surface area contributed by atoms with Crippen molar-refractivity contribution in [2.45, 2.75) is 12.3 Å². The molecule has 0 unspecified atom stereocenters. The zero-order valence-corrected chi connectivity index (χ0v) is 10.5. The third-order valence-electron chi connectivity index (χ3n) is 2.97. The summed E-state index contributed by atoms with van der Waals surface area (Å²) in [7, 11) is 0. The summed E-state index contributed by atoms with van der Waals surface area (Å²) in [5, 5.41) is 3.33. The SMILES string of the molecule is CCOCC1(c2ccc(Br)cc2)CNC1. The molecule has 1 fully saturated rings. The Labute approximate surface area is 99.1 Å². The first-order valence-corrected chi connectivity index (χ1v) is 6.11. The van der Waals surface area contributed by atoms with Crippen molar-refractivity contribution in [2.75, 3.05) is 26.3 Å². The molecule has 82 valence electrons. The summed E-state index contributed by atoms with van der Waals surface area (Å²) >= 11 is 3.46. The highest BCUT2D eigenvalue weighted by atomic mass is 79.9. The number of ether oxygens (including phenoxy) is 1. The summed E-state index contributed by atoms with van der Waals surface area (Å²) in [4.78, 5) is 0. The number of hydrogen-bond acceptors (Lipinski definition) is 2. The number of rotatable bonds is 4. The van der Waals surface area contributed by atoms with Crippen molar-refractivity contribution in [3.8, 4) is 0 Å². The topological polar surface area (TPSA) is 21.3 Å². The molecule has 1 aliphatic rings. The third-order valence-corrected chi connectivity index (χ3v) is 3.49. The Morgan fingerprint density at radius 2 is 2.00 bits per heavy atom. The molecule has 3 heteroatoms. The van der Waals surface area contributed by atoms with Gasteiger partial charge in [0, 0.05) is 29.6 Å². The molecule has 0 spiro atoms. The fourth-order valence-corrected chi connectivity index (χ4v) is 2.18. The minimum atomic E-state index is 0.205. The van der Waals surface area contributed by atoms with Crippen molar-refractivity contribution in [1.29, 1.82) is 0 Å². The molecule has 1 aromatic rings. The fraction of sp³-hybridized carbons (Fsp3) is 0.500. The number of hydrogen-bond donors (Lipinski definition) is 1. The van der Waals surface area contributed by atoms with Crippen molar-refractivity contribution in [3.63, 3.8) is 0 Å². The van der Waals surface area contributed by atoms with Crippen LogP contribution >= 0.6 is 15.9 Å². The van der Waals surface area contributed by atoms with Crippen LogP contribution in [0.4, 0.5) is 0 Å². The van der Waals surface area contributed by atoms with E-state index in [1.807, 2.05) is 6.92 Å². The Bertz CT molecular complexity index is 319. The van der Waals surface area contributed by atoms with Crippen molar-refractivity contribution in [2.24, 2.45) is 0 Å². The van der Waals surface area contributed by atoms with E-state index in [2.05, 4.69) is 45.5 Å². The minimum Gasteiger partial charge on any atom is -0.381 e. The predicted molar refractivity (Wildman–Crippen MR) is 65.2 cm³/mol. The van der Waals surface area contributed by atoms with Crippen molar-refractivity contribution >= 4 is 15.9 Å². The van der Waals surface area contributed by atoms with Crippen molar-refractivity contribution in [3.05, 3.63) is 34.3 Å². The summed E-state index contributed by atoms with van der Waals surface area (Å²) in [6, 6.07) is 8.57. The van der Waals surface area contributed by atoms with Crippen molar-refractivity contribution in [1.82, 2.24) is 5.32 Å². The summed E-state index contributed by atoms with van der Waals surface area (Å²) < 4.78 is 6.70. The lowest BCUT2D eigenvalue weighted by atomic mass is 9.76. The van der Waals surface area contributed by atoms with Crippen LogP contribution in [0, 0.1) is 0 Å². The molecule has 1 aliphatic heterocycles. The highest BCUT2D eigenvalue weighted by Gasteiger charge is 2.38. The molecule has 0 aromatic heterocycles. The van der Waals surface area contributed by atoms with E-state index in [0.717, 1.165) is 30.8 Å². The van der Waals surface area contributed by atoms with Gasteiger partial charge in [-0.05, 0) is 24.6 Å². The molecule has 0 amide bonds. The molecule has 1 aromatic carbocycles. The van der Waals surface area contributed by atoms with Gasteiger partial charge >= 0.3 is 0 Å². The largest absolute Gasteiger partial charge is 0.381 e. The highest BCUT2D eigenvalue weighted by molar-refractivity contribution is 9.10.